The monoisotopic (exact) mass is 249 g/mol. The largest absolute Gasteiger partial charge is 0.478 e. The van der Waals surface area contributed by atoms with Crippen molar-refractivity contribution in [2.75, 3.05) is 26.3 Å². The quantitative estimate of drug-likeness (QED) is 0.833. The summed E-state index contributed by atoms with van der Waals surface area (Å²) in [6.45, 7) is 5.86. The molecule has 1 saturated heterocycles. The summed E-state index contributed by atoms with van der Waals surface area (Å²) in [5, 5.41) is 8.82. The van der Waals surface area contributed by atoms with E-state index in [9.17, 15) is 4.79 Å². The zero-order valence-electron chi connectivity index (χ0n) is 10.6. The van der Waals surface area contributed by atoms with Crippen LogP contribution in [0.25, 0.3) is 0 Å². The van der Waals surface area contributed by atoms with Gasteiger partial charge >= 0.3 is 5.97 Å². The minimum absolute atomic E-state index is 0.346. The first-order chi connectivity index (χ1) is 8.70. The number of aromatic carboxylic acids is 1. The Hall–Kier alpha value is -1.39. The van der Waals surface area contributed by atoms with E-state index >= 15 is 0 Å². The topological polar surface area (TPSA) is 49.8 Å². The molecule has 1 aromatic rings. The summed E-state index contributed by atoms with van der Waals surface area (Å²) in [6, 6.07) is 7.69. The molecule has 1 aliphatic rings. The van der Waals surface area contributed by atoms with Gasteiger partial charge in [0.1, 0.15) is 0 Å². The van der Waals surface area contributed by atoms with Crippen molar-refractivity contribution >= 4 is 5.97 Å². The Morgan fingerprint density at radius 3 is 2.50 bits per heavy atom. The van der Waals surface area contributed by atoms with E-state index in [1.54, 1.807) is 12.1 Å². The second-order valence-electron chi connectivity index (χ2n) is 4.57. The summed E-state index contributed by atoms with van der Waals surface area (Å²) in [4.78, 5) is 13.1. The smallest absolute Gasteiger partial charge is 0.335 e. The molecule has 1 aromatic carbocycles. The fraction of sp³-hybridized carbons (Fsp3) is 0.500. The first-order valence-corrected chi connectivity index (χ1v) is 6.34. The second kappa shape index (κ2) is 5.98. The molecule has 0 aliphatic carbocycles. The summed E-state index contributed by atoms with van der Waals surface area (Å²) in [5.41, 5.74) is 1.53. The molecule has 4 heteroatoms. The van der Waals surface area contributed by atoms with Gasteiger partial charge in [0.15, 0.2) is 0 Å². The van der Waals surface area contributed by atoms with Gasteiger partial charge in [0, 0.05) is 6.54 Å². The van der Waals surface area contributed by atoms with Crippen molar-refractivity contribution in [1.29, 1.82) is 0 Å². The summed E-state index contributed by atoms with van der Waals surface area (Å²) in [7, 11) is 0. The van der Waals surface area contributed by atoms with Gasteiger partial charge in [-0.2, -0.15) is 0 Å². The van der Waals surface area contributed by atoms with Crippen LogP contribution in [0.15, 0.2) is 24.3 Å². The van der Waals surface area contributed by atoms with Crippen LogP contribution in [0.5, 0.6) is 0 Å². The summed E-state index contributed by atoms with van der Waals surface area (Å²) < 4.78 is 5.20. The predicted molar refractivity (Wildman–Crippen MR) is 69.0 cm³/mol. The Labute approximate surface area is 107 Å². The molecule has 0 unspecified atom stereocenters. The number of likely N-dealkylation sites (N-methyl/N-ethyl adjacent to an activating group) is 1. The lowest BCUT2D eigenvalue weighted by atomic mass is 10.1. The summed E-state index contributed by atoms with van der Waals surface area (Å²) in [5.74, 6) is -0.872. The number of hydrogen-bond donors (Lipinski definition) is 1. The lowest BCUT2D eigenvalue weighted by Gasteiger charge is -2.36. The van der Waals surface area contributed by atoms with Crippen molar-refractivity contribution in [2.24, 2.45) is 0 Å². The molecular weight excluding hydrogens is 230 g/mol. The molecule has 0 saturated carbocycles. The molecule has 1 heterocycles. The van der Waals surface area contributed by atoms with Crippen LogP contribution in [0, 0.1) is 0 Å². The van der Waals surface area contributed by atoms with E-state index in [0.717, 1.165) is 32.7 Å². The Morgan fingerprint density at radius 2 is 2.06 bits per heavy atom. The van der Waals surface area contributed by atoms with Crippen LogP contribution in [-0.2, 0) is 11.2 Å². The Morgan fingerprint density at radius 1 is 1.39 bits per heavy atom. The molecule has 98 valence electrons. The van der Waals surface area contributed by atoms with Crippen molar-refractivity contribution in [3.8, 4) is 0 Å². The standard InChI is InChI=1S/C14H19NO3/c1-2-15(13-9-18-10-13)8-7-11-3-5-12(6-4-11)14(16)17/h3-6,13H,2,7-10H2,1H3,(H,16,17). The molecule has 0 amide bonds. The summed E-state index contributed by atoms with van der Waals surface area (Å²) in [6.07, 6.45) is 0.949. The van der Waals surface area contributed by atoms with Crippen molar-refractivity contribution in [2.45, 2.75) is 19.4 Å². The van der Waals surface area contributed by atoms with E-state index in [0.29, 0.717) is 11.6 Å². The van der Waals surface area contributed by atoms with E-state index in [1.807, 2.05) is 12.1 Å². The third-order valence-corrected chi connectivity index (χ3v) is 3.43. The molecular formula is C14H19NO3. The van der Waals surface area contributed by atoms with E-state index < -0.39 is 5.97 Å². The summed E-state index contributed by atoms with van der Waals surface area (Å²) >= 11 is 0. The zero-order chi connectivity index (χ0) is 13.0. The van der Waals surface area contributed by atoms with Crippen LogP contribution in [0.3, 0.4) is 0 Å². The molecule has 2 rings (SSSR count). The molecule has 18 heavy (non-hydrogen) atoms. The third-order valence-electron chi connectivity index (χ3n) is 3.43. The minimum atomic E-state index is -0.872. The molecule has 0 aromatic heterocycles. The van der Waals surface area contributed by atoms with Gasteiger partial charge < -0.3 is 9.84 Å². The number of rotatable bonds is 6. The van der Waals surface area contributed by atoms with Crippen molar-refractivity contribution in [3.05, 3.63) is 35.4 Å². The number of carboxylic acids is 1. The highest BCUT2D eigenvalue weighted by atomic mass is 16.5. The SMILES string of the molecule is CCN(CCc1ccc(C(=O)O)cc1)C1COC1. The maximum absolute atomic E-state index is 10.7. The van der Waals surface area contributed by atoms with Crippen LogP contribution >= 0.6 is 0 Å². The highest BCUT2D eigenvalue weighted by molar-refractivity contribution is 5.87. The molecule has 0 atom stereocenters. The van der Waals surface area contributed by atoms with Gasteiger partial charge in [-0.15, -0.1) is 0 Å². The third kappa shape index (κ3) is 3.09. The molecule has 4 nitrogen and oxygen atoms in total. The highest BCUT2D eigenvalue weighted by Gasteiger charge is 2.24. The van der Waals surface area contributed by atoms with E-state index in [-0.39, 0.29) is 0 Å². The van der Waals surface area contributed by atoms with Crippen LogP contribution in [0.1, 0.15) is 22.8 Å². The maximum Gasteiger partial charge on any atom is 0.335 e. The number of hydrogen-bond acceptors (Lipinski definition) is 3. The molecule has 0 bridgehead atoms. The molecule has 1 aliphatic heterocycles. The van der Waals surface area contributed by atoms with Crippen LogP contribution < -0.4 is 0 Å². The van der Waals surface area contributed by atoms with Gasteiger partial charge in [0.2, 0.25) is 0 Å². The molecule has 1 fully saturated rings. The van der Waals surface area contributed by atoms with Gasteiger partial charge in [-0.05, 0) is 30.7 Å². The van der Waals surface area contributed by atoms with E-state index in [1.165, 1.54) is 5.56 Å². The van der Waals surface area contributed by atoms with Crippen molar-refractivity contribution < 1.29 is 14.6 Å². The number of benzene rings is 1. The highest BCUT2D eigenvalue weighted by Crippen LogP contribution is 2.12. The van der Waals surface area contributed by atoms with Crippen LogP contribution in [-0.4, -0.2) is 48.3 Å². The fourth-order valence-corrected chi connectivity index (χ4v) is 2.12. The Bertz CT molecular complexity index is 398. The van der Waals surface area contributed by atoms with Gasteiger partial charge in [-0.25, -0.2) is 4.79 Å². The van der Waals surface area contributed by atoms with Gasteiger partial charge in [0.25, 0.3) is 0 Å². The zero-order valence-corrected chi connectivity index (χ0v) is 10.6. The second-order valence-corrected chi connectivity index (χ2v) is 4.57. The maximum atomic E-state index is 10.7. The van der Waals surface area contributed by atoms with E-state index in [2.05, 4.69) is 11.8 Å². The first-order valence-electron chi connectivity index (χ1n) is 6.34. The number of carboxylic acid groups (broad SMARTS) is 1. The first kappa shape index (κ1) is 13.1. The average Bonchev–Trinajstić information content (AvgIpc) is 2.32. The minimum Gasteiger partial charge on any atom is -0.478 e. The molecule has 0 radical (unpaired) electrons. The van der Waals surface area contributed by atoms with Gasteiger partial charge in [-0.3, -0.25) is 4.90 Å². The van der Waals surface area contributed by atoms with Crippen LogP contribution in [0.4, 0.5) is 0 Å². The van der Waals surface area contributed by atoms with Gasteiger partial charge in [0.05, 0.1) is 24.8 Å². The normalized spacial score (nSPS) is 15.7. The predicted octanol–water partition coefficient (Wildman–Crippen LogP) is 1.65. The lowest BCUT2D eigenvalue weighted by molar-refractivity contribution is -0.0627. The average molecular weight is 249 g/mol. The number of nitrogens with zero attached hydrogens (tertiary/aromatic N) is 1. The Balaban J connectivity index is 1.86. The molecule has 1 N–H and O–H groups in total. The van der Waals surface area contributed by atoms with E-state index in [4.69, 9.17) is 9.84 Å². The Kier molecular flexibility index (Phi) is 4.33. The fourth-order valence-electron chi connectivity index (χ4n) is 2.12. The lowest BCUT2D eigenvalue weighted by Crippen LogP contribution is -2.49. The number of carbonyl (C=O) groups is 1. The van der Waals surface area contributed by atoms with Crippen LogP contribution in [0.2, 0.25) is 0 Å². The molecule has 0 spiro atoms. The van der Waals surface area contributed by atoms with Crippen molar-refractivity contribution in [1.82, 2.24) is 4.90 Å². The van der Waals surface area contributed by atoms with Gasteiger partial charge in [-0.1, -0.05) is 19.1 Å². The number of ether oxygens (including phenoxy) is 1. The van der Waals surface area contributed by atoms with Crippen molar-refractivity contribution in [3.63, 3.8) is 0 Å².